The summed E-state index contributed by atoms with van der Waals surface area (Å²) in [6.45, 7) is 3.79. The van der Waals surface area contributed by atoms with Gasteiger partial charge < -0.3 is 40.3 Å². The molecule has 7 unspecified atom stereocenters. The lowest BCUT2D eigenvalue weighted by Gasteiger charge is -2.40. The summed E-state index contributed by atoms with van der Waals surface area (Å²) in [5.41, 5.74) is 0. The minimum absolute atomic E-state index is 0.172. The molecule has 0 spiro atoms. The van der Waals surface area contributed by atoms with Crippen LogP contribution >= 0.6 is 0 Å². The van der Waals surface area contributed by atoms with E-state index in [2.05, 4.69) is 19.2 Å². The smallest absolute Gasteiger partial charge is 0.220 e. The summed E-state index contributed by atoms with van der Waals surface area (Å²) in [4.78, 5) is 13.0. The minimum atomic E-state index is -1.56. The molecular weight excluding hydrogens is 779 g/mol. The number of carbonyl (C=O) groups is 1. The fraction of sp³-hybridized carbons (Fsp3) is 0.943. The number of carbonyl (C=O) groups excluding carboxylic acids is 1. The first-order valence-electron chi connectivity index (χ1n) is 26.9. The average Bonchev–Trinajstić information content (AvgIpc) is 3.27. The lowest BCUT2D eigenvalue weighted by atomic mass is 9.99. The van der Waals surface area contributed by atoms with Gasteiger partial charge in [0.25, 0.3) is 0 Å². The zero-order chi connectivity index (χ0) is 45.1. The lowest BCUT2D eigenvalue weighted by Crippen LogP contribution is -2.60. The van der Waals surface area contributed by atoms with Crippen molar-refractivity contribution in [1.82, 2.24) is 5.32 Å². The van der Waals surface area contributed by atoms with Crippen molar-refractivity contribution < 1.29 is 39.8 Å². The number of aliphatic hydroxyl groups is 5. The summed E-state index contributed by atoms with van der Waals surface area (Å²) in [5, 5.41) is 54.3. The fourth-order valence-corrected chi connectivity index (χ4v) is 8.81. The topological polar surface area (TPSA) is 149 Å². The minimum Gasteiger partial charge on any atom is -0.394 e. The van der Waals surface area contributed by atoms with E-state index in [0.717, 1.165) is 38.5 Å². The van der Waals surface area contributed by atoms with Crippen LogP contribution in [-0.4, -0.2) is 87.5 Å². The number of amides is 1. The lowest BCUT2D eigenvalue weighted by molar-refractivity contribution is -0.302. The molecule has 0 aromatic rings. The molecule has 0 aromatic carbocycles. The molecule has 1 aliphatic rings. The largest absolute Gasteiger partial charge is 0.394 e. The Kier molecular flexibility index (Phi) is 41.6. The highest BCUT2D eigenvalue weighted by atomic mass is 16.7. The highest BCUT2D eigenvalue weighted by molar-refractivity contribution is 5.76. The molecule has 1 saturated heterocycles. The van der Waals surface area contributed by atoms with E-state index in [1.807, 2.05) is 6.08 Å². The first kappa shape index (κ1) is 58.9. The highest BCUT2D eigenvalue weighted by Gasteiger charge is 2.44. The molecule has 0 radical (unpaired) electrons. The number of allylic oxidation sites excluding steroid dienone is 1. The highest BCUT2D eigenvalue weighted by Crippen LogP contribution is 2.23. The summed E-state index contributed by atoms with van der Waals surface area (Å²) in [5.74, 6) is -0.172. The first-order valence-corrected chi connectivity index (χ1v) is 26.9. The van der Waals surface area contributed by atoms with Crippen LogP contribution in [-0.2, 0) is 14.3 Å². The van der Waals surface area contributed by atoms with Crippen molar-refractivity contribution in [1.29, 1.82) is 0 Å². The van der Waals surface area contributed by atoms with E-state index in [1.165, 1.54) is 205 Å². The number of rotatable bonds is 46. The SMILES string of the molecule is CCCCCCCCCCCC/C=C/C(O)C(COC1OC(CO)C(O)C(O)C1O)NC(=O)CCCCCCCCCCCCCCCCCCCCCCCCCCCCC. The Labute approximate surface area is 382 Å². The van der Waals surface area contributed by atoms with Gasteiger partial charge in [-0.3, -0.25) is 4.79 Å². The number of ether oxygens (including phenoxy) is 2. The third-order valence-corrected chi connectivity index (χ3v) is 13.1. The van der Waals surface area contributed by atoms with Crippen LogP contribution in [0.4, 0.5) is 0 Å². The van der Waals surface area contributed by atoms with Crippen molar-refractivity contribution in [3.05, 3.63) is 12.2 Å². The molecule has 0 bridgehead atoms. The maximum Gasteiger partial charge on any atom is 0.220 e. The van der Waals surface area contributed by atoms with Crippen LogP contribution < -0.4 is 5.32 Å². The van der Waals surface area contributed by atoms with E-state index < -0.39 is 49.5 Å². The quantitative estimate of drug-likeness (QED) is 0.0261. The third kappa shape index (κ3) is 33.4. The van der Waals surface area contributed by atoms with Crippen LogP contribution in [0, 0.1) is 0 Å². The van der Waals surface area contributed by atoms with Gasteiger partial charge in [-0.2, -0.15) is 0 Å². The summed E-state index contributed by atoms with van der Waals surface area (Å²) in [6, 6.07) is -0.798. The molecule has 7 atom stereocenters. The van der Waals surface area contributed by atoms with Gasteiger partial charge in [0, 0.05) is 6.42 Å². The number of aliphatic hydroxyl groups excluding tert-OH is 5. The second kappa shape index (κ2) is 43.8. The summed E-state index contributed by atoms with van der Waals surface area (Å²) < 4.78 is 11.2. The van der Waals surface area contributed by atoms with E-state index in [4.69, 9.17) is 9.47 Å². The second-order valence-corrected chi connectivity index (χ2v) is 19.0. The van der Waals surface area contributed by atoms with Crippen molar-refractivity contribution in [3.63, 3.8) is 0 Å². The van der Waals surface area contributed by atoms with Gasteiger partial charge in [0.1, 0.15) is 24.4 Å². The standard InChI is InChI=1S/C53H103NO8/c1-3-5-7-9-11-13-15-17-18-19-20-21-22-23-24-25-26-27-28-29-30-31-33-35-37-39-41-43-49(57)54-46(45-61-53-52(60)51(59)50(58)48(44-55)62-53)47(56)42-40-38-36-34-32-16-14-12-10-8-6-4-2/h40,42,46-48,50-53,55-56,58-60H,3-39,41,43-45H2,1-2H3,(H,54,57)/b42-40+. The first-order chi connectivity index (χ1) is 30.3. The van der Waals surface area contributed by atoms with Crippen LogP contribution in [0.25, 0.3) is 0 Å². The Morgan fingerprint density at radius 3 is 1.26 bits per heavy atom. The van der Waals surface area contributed by atoms with Gasteiger partial charge in [-0.1, -0.05) is 251 Å². The zero-order valence-electron chi connectivity index (χ0n) is 40.6. The van der Waals surface area contributed by atoms with E-state index in [-0.39, 0.29) is 12.5 Å². The molecule has 1 fully saturated rings. The maximum absolute atomic E-state index is 13.0. The second-order valence-electron chi connectivity index (χ2n) is 19.0. The van der Waals surface area contributed by atoms with Gasteiger partial charge in [0.2, 0.25) is 5.91 Å². The predicted molar refractivity (Wildman–Crippen MR) is 258 cm³/mol. The van der Waals surface area contributed by atoms with Crippen LogP contribution in [0.15, 0.2) is 12.2 Å². The normalized spacial score (nSPS) is 20.3. The third-order valence-electron chi connectivity index (χ3n) is 13.1. The molecule has 9 heteroatoms. The molecule has 0 aliphatic carbocycles. The molecule has 1 aliphatic heterocycles. The molecule has 0 aromatic heterocycles. The van der Waals surface area contributed by atoms with Gasteiger partial charge in [0.05, 0.1) is 25.4 Å². The number of hydrogen-bond acceptors (Lipinski definition) is 8. The molecule has 1 rings (SSSR count). The van der Waals surface area contributed by atoms with E-state index in [1.54, 1.807) is 6.08 Å². The van der Waals surface area contributed by atoms with Crippen molar-refractivity contribution in [2.24, 2.45) is 0 Å². The Hall–Kier alpha value is -1.07. The van der Waals surface area contributed by atoms with Crippen LogP contribution in [0.2, 0.25) is 0 Å². The van der Waals surface area contributed by atoms with Gasteiger partial charge in [-0.05, 0) is 19.3 Å². The monoisotopic (exact) mass is 882 g/mol. The summed E-state index contributed by atoms with van der Waals surface area (Å²) in [7, 11) is 0. The Balaban J connectivity index is 2.16. The fourth-order valence-electron chi connectivity index (χ4n) is 8.81. The van der Waals surface area contributed by atoms with E-state index in [9.17, 15) is 30.3 Å². The Bertz CT molecular complexity index is 981. The van der Waals surface area contributed by atoms with Gasteiger partial charge in [0.15, 0.2) is 6.29 Å². The number of nitrogens with one attached hydrogen (secondary N) is 1. The maximum atomic E-state index is 13.0. The molecule has 9 nitrogen and oxygen atoms in total. The summed E-state index contributed by atoms with van der Waals surface area (Å²) >= 11 is 0. The molecule has 6 N–H and O–H groups in total. The van der Waals surface area contributed by atoms with Crippen LogP contribution in [0.5, 0.6) is 0 Å². The molecule has 368 valence electrons. The average molecular weight is 882 g/mol. The van der Waals surface area contributed by atoms with Crippen molar-refractivity contribution in [2.45, 2.75) is 307 Å². The number of unbranched alkanes of at least 4 members (excludes halogenated alkanes) is 36. The van der Waals surface area contributed by atoms with Crippen LogP contribution in [0.3, 0.4) is 0 Å². The van der Waals surface area contributed by atoms with Crippen molar-refractivity contribution in [2.75, 3.05) is 13.2 Å². The van der Waals surface area contributed by atoms with Crippen molar-refractivity contribution >= 4 is 5.91 Å². The van der Waals surface area contributed by atoms with E-state index in [0.29, 0.717) is 6.42 Å². The van der Waals surface area contributed by atoms with Crippen LogP contribution in [0.1, 0.15) is 264 Å². The molecule has 0 saturated carbocycles. The Morgan fingerprint density at radius 1 is 0.532 bits per heavy atom. The predicted octanol–water partition coefficient (Wildman–Crippen LogP) is 12.5. The van der Waals surface area contributed by atoms with E-state index >= 15 is 0 Å². The Morgan fingerprint density at radius 2 is 0.887 bits per heavy atom. The number of hydrogen-bond donors (Lipinski definition) is 6. The summed E-state index contributed by atoms with van der Waals surface area (Å²) in [6.07, 6.45) is 45.7. The van der Waals surface area contributed by atoms with Gasteiger partial charge >= 0.3 is 0 Å². The molecule has 1 amide bonds. The molecule has 1 heterocycles. The molecule has 62 heavy (non-hydrogen) atoms. The van der Waals surface area contributed by atoms with Gasteiger partial charge in [-0.25, -0.2) is 0 Å². The zero-order valence-corrected chi connectivity index (χ0v) is 40.6. The van der Waals surface area contributed by atoms with Crippen molar-refractivity contribution in [3.8, 4) is 0 Å². The van der Waals surface area contributed by atoms with Gasteiger partial charge in [-0.15, -0.1) is 0 Å². The molecular formula is C53H103NO8.